The fourth-order valence-electron chi connectivity index (χ4n) is 1.27. The molecule has 0 saturated heterocycles. The van der Waals surface area contributed by atoms with Crippen molar-refractivity contribution < 1.29 is 0 Å². The lowest BCUT2D eigenvalue weighted by Crippen LogP contribution is -2.06. The molecule has 0 nitrogen and oxygen atoms in total. The number of hydrogen-bond donors (Lipinski definition) is 0. The topological polar surface area (TPSA) is 0 Å². The van der Waals surface area contributed by atoms with Gasteiger partial charge < -0.3 is 0 Å². The van der Waals surface area contributed by atoms with Crippen LogP contribution in [0.2, 0.25) is 0 Å². The van der Waals surface area contributed by atoms with Crippen LogP contribution < -0.4 is 0 Å². The van der Waals surface area contributed by atoms with Gasteiger partial charge in [-0.05, 0) is 34.1 Å². The van der Waals surface area contributed by atoms with Crippen LogP contribution in [0, 0.1) is 10.8 Å². The molecule has 0 bridgehead atoms. The van der Waals surface area contributed by atoms with Crippen LogP contribution in [0.1, 0.15) is 41.5 Å². The largest absolute Gasteiger partial charge is 0.113 e. The van der Waals surface area contributed by atoms with E-state index in [1.807, 2.05) is 0 Å². The third-order valence-corrected chi connectivity index (χ3v) is 2.30. The summed E-state index contributed by atoms with van der Waals surface area (Å²) in [6.07, 6.45) is 4.39. The fraction of sp³-hybridized carbons (Fsp3) is 0.615. The lowest BCUT2D eigenvalue weighted by atomic mass is 9.86. The number of rotatable bonds is 0. The van der Waals surface area contributed by atoms with Gasteiger partial charge in [-0.3, -0.25) is 0 Å². The number of hydrogen-bond acceptors (Lipinski definition) is 0. The van der Waals surface area contributed by atoms with E-state index in [0.29, 0.717) is 0 Å². The molecular weight excluding hydrogens is 156 g/mol. The van der Waals surface area contributed by atoms with Crippen LogP contribution in [0.4, 0.5) is 0 Å². The van der Waals surface area contributed by atoms with Crippen molar-refractivity contribution in [2.24, 2.45) is 10.8 Å². The molecule has 0 spiro atoms. The van der Waals surface area contributed by atoms with Crippen molar-refractivity contribution in [3.05, 3.63) is 29.0 Å². The van der Waals surface area contributed by atoms with Crippen LogP contribution in [0.5, 0.6) is 0 Å². The molecule has 0 unspecified atom stereocenters. The second-order valence-corrected chi connectivity index (χ2v) is 5.79. The Labute approximate surface area is 82.0 Å². The zero-order chi connectivity index (χ0) is 10.3. The van der Waals surface area contributed by atoms with Crippen LogP contribution in [0.25, 0.3) is 0 Å². The lowest BCUT2D eigenvalue weighted by Gasteiger charge is -2.17. The number of allylic oxidation sites excluding steroid dienone is 3. The smallest absolute Gasteiger partial charge is 0.000331 e. The normalized spacial score (nSPS) is 17.4. The molecule has 0 heteroatoms. The molecule has 0 fully saturated rings. The van der Waals surface area contributed by atoms with Gasteiger partial charge in [0.1, 0.15) is 0 Å². The molecule has 1 aliphatic rings. The first kappa shape index (κ1) is 10.3. The van der Waals surface area contributed by atoms with Crippen LogP contribution >= 0.6 is 0 Å². The van der Waals surface area contributed by atoms with Crippen molar-refractivity contribution >= 4 is 0 Å². The van der Waals surface area contributed by atoms with Gasteiger partial charge in [-0.1, -0.05) is 41.5 Å². The minimum Gasteiger partial charge on any atom is -0.113 e. The monoisotopic (exact) mass is 176 g/mol. The zero-order valence-corrected chi connectivity index (χ0v) is 9.65. The van der Waals surface area contributed by atoms with Gasteiger partial charge in [0.2, 0.25) is 0 Å². The highest BCUT2D eigenvalue weighted by molar-refractivity contribution is 5.41. The average Bonchev–Trinajstić information content (AvgIpc) is 2.28. The van der Waals surface area contributed by atoms with Crippen LogP contribution in [-0.2, 0) is 0 Å². The summed E-state index contributed by atoms with van der Waals surface area (Å²) < 4.78 is 0. The van der Waals surface area contributed by atoms with Gasteiger partial charge in [-0.25, -0.2) is 0 Å². The molecule has 0 radical (unpaired) electrons. The van der Waals surface area contributed by atoms with Crippen LogP contribution in [-0.4, -0.2) is 0 Å². The molecule has 0 amide bonds. The molecular formula is C13H20. The predicted octanol–water partition coefficient (Wildman–Crippen LogP) is 4.10. The van der Waals surface area contributed by atoms with Crippen molar-refractivity contribution in [3.8, 4) is 0 Å². The maximum atomic E-state index is 3.49. The lowest BCUT2D eigenvalue weighted by molar-refractivity contribution is 0.512. The van der Waals surface area contributed by atoms with Crippen molar-refractivity contribution in [2.75, 3.05) is 0 Å². The quantitative estimate of drug-likeness (QED) is 0.487. The van der Waals surface area contributed by atoms with Gasteiger partial charge in [0.25, 0.3) is 0 Å². The summed E-state index contributed by atoms with van der Waals surface area (Å²) >= 11 is 0. The first-order valence-corrected chi connectivity index (χ1v) is 4.91. The Balaban J connectivity index is 3.09. The highest BCUT2D eigenvalue weighted by atomic mass is 14.3. The Kier molecular flexibility index (Phi) is 2.30. The Morgan fingerprint density at radius 2 is 1.08 bits per heavy atom. The van der Waals surface area contributed by atoms with Crippen LogP contribution in [0.15, 0.2) is 29.0 Å². The van der Waals surface area contributed by atoms with E-state index in [2.05, 4.69) is 59.4 Å². The van der Waals surface area contributed by atoms with Gasteiger partial charge in [-0.2, -0.15) is 0 Å². The van der Waals surface area contributed by atoms with Crippen molar-refractivity contribution in [1.29, 1.82) is 0 Å². The van der Waals surface area contributed by atoms with E-state index in [1.54, 1.807) is 0 Å². The second-order valence-electron chi connectivity index (χ2n) is 5.79. The van der Waals surface area contributed by atoms with E-state index in [-0.39, 0.29) is 10.8 Å². The molecule has 0 aromatic heterocycles. The summed E-state index contributed by atoms with van der Waals surface area (Å²) in [7, 11) is 0. The maximum Gasteiger partial charge on any atom is -0.000331 e. The third kappa shape index (κ3) is 2.35. The second kappa shape index (κ2) is 2.89. The molecule has 1 rings (SSSR count). The Morgan fingerprint density at radius 3 is 1.23 bits per heavy atom. The molecule has 72 valence electrons. The van der Waals surface area contributed by atoms with Crippen LogP contribution in [0.3, 0.4) is 0 Å². The van der Waals surface area contributed by atoms with Gasteiger partial charge in [-0.15, -0.1) is 5.73 Å². The van der Waals surface area contributed by atoms with E-state index in [4.69, 9.17) is 0 Å². The minimum absolute atomic E-state index is 0.226. The molecule has 0 aliphatic heterocycles. The highest BCUT2D eigenvalue weighted by Gasteiger charge is 2.21. The average molecular weight is 176 g/mol. The van der Waals surface area contributed by atoms with Gasteiger partial charge in [0.05, 0.1) is 0 Å². The van der Waals surface area contributed by atoms with E-state index in [9.17, 15) is 0 Å². The summed E-state index contributed by atoms with van der Waals surface area (Å²) in [6.45, 7) is 13.4. The summed E-state index contributed by atoms with van der Waals surface area (Å²) in [5, 5.41) is 0. The van der Waals surface area contributed by atoms with Gasteiger partial charge in [0.15, 0.2) is 0 Å². The predicted molar refractivity (Wildman–Crippen MR) is 58.6 cm³/mol. The SMILES string of the molecule is CC(C)(C)C1=C=C(C(C)(C)C)C=C1. The van der Waals surface area contributed by atoms with E-state index >= 15 is 0 Å². The Morgan fingerprint density at radius 1 is 0.769 bits per heavy atom. The Bertz CT molecular complexity index is 266. The molecule has 0 aromatic carbocycles. The molecule has 0 aromatic rings. The summed E-state index contributed by atoms with van der Waals surface area (Å²) in [5.74, 6) is 0. The molecule has 13 heavy (non-hydrogen) atoms. The third-order valence-electron chi connectivity index (χ3n) is 2.30. The molecule has 0 N–H and O–H groups in total. The fourth-order valence-corrected chi connectivity index (χ4v) is 1.27. The first-order valence-electron chi connectivity index (χ1n) is 4.91. The molecule has 0 atom stereocenters. The van der Waals surface area contributed by atoms with E-state index < -0.39 is 0 Å². The Hall–Kier alpha value is -0.740. The standard InChI is InChI=1S/C13H20/c1-12(2,3)10-7-8-11(9-10)13(4,5)6/h7-8H,1-6H3. The van der Waals surface area contributed by atoms with Crippen molar-refractivity contribution in [1.82, 2.24) is 0 Å². The van der Waals surface area contributed by atoms with Gasteiger partial charge >= 0.3 is 0 Å². The van der Waals surface area contributed by atoms with E-state index in [0.717, 1.165) is 0 Å². The molecule has 1 aliphatic carbocycles. The summed E-state index contributed by atoms with van der Waals surface area (Å²) in [5.41, 5.74) is 6.58. The highest BCUT2D eigenvalue weighted by Crippen LogP contribution is 2.34. The molecule has 0 saturated carbocycles. The zero-order valence-electron chi connectivity index (χ0n) is 9.65. The first-order chi connectivity index (χ1) is 5.71. The maximum absolute atomic E-state index is 3.49. The summed E-state index contributed by atoms with van der Waals surface area (Å²) in [4.78, 5) is 0. The molecule has 0 heterocycles. The van der Waals surface area contributed by atoms with Crippen molar-refractivity contribution in [2.45, 2.75) is 41.5 Å². The van der Waals surface area contributed by atoms with E-state index in [1.165, 1.54) is 11.1 Å². The summed E-state index contributed by atoms with van der Waals surface area (Å²) in [6, 6.07) is 0. The minimum atomic E-state index is 0.226. The van der Waals surface area contributed by atoms with Crippen molar-refractivity contribution in [3.63, 3.8) is 0 Å². The van der Waals surface area contributed by atoms with Gasteiger partial charge in [0, 0.05) is 0 Å².